The molecule has 0 bridgehead atoms. The predicted octanol–water partition coefficient (Wildman–Crippen LogP) is 3.24. The summed E-state index contributed by atoms with van der Waals surface area (Å²) in [5.41, 5.74) is 0.601. The smallest absolute Gasteiger partial charge is 0.345 e. The van der Waals surface area contributed by atoms with E-state index in [4.69, 9.17) is 9.84 Å². The summed E-state index contributed by atoms with van der Waals surface area (Å²) in [6, 6.07) is 7.60. The normalized spacial score (nSPS) is 10.2. The second kappa shape index (κ2) is 5.70. The van der Waals surface area contributed by atoms with Crippen LogP contribution in [-0.2, 0) is 6.61 Å². The molecule has 7 heteroatoms. The van der Waals surface area contributed by atoms with Gasteiger partial charge in [0.05, 0.1) is 4.92 Å². The van der Waals surface area contributed by atoms with Crippen LogP contribution in [0.2, 0.25) is 0 Å². The summed E-state index contributed by atoms with van der Waals surface area (Å²) < 4.78 is 5.43. The van der Waals surface area contributed by atoms with Crippen LogP contribution in [0.25, 0.3) is 0 Å². The van der Waals surface area contributed by atoms with Crippen molar-refractivity contribution < 1.29 is 19.6 Å². The third kappa shape index (κ3) is 2.94. The van der Waals surface area contributed by atoms with Crippen LogP contribution < -0.4 is 4.74 Å². The molecule has 1 N–H and O–H groups in total. The molecule has 0 saturated heterocycles. The van der Waals surface area contributed by atoms with Gasteiger partial charge in [-0.2, -0.15) is 0 Å². The number of hydrogen-bond acceptors (Lipinski definition) is 5. The number of nitrogens with zero attached hydrogens (tertiary/aromatic N) is 1. The number of nitro benzene ring substituents is 1. The number of ether oxygens (including phenoxy) is 1. The van der Waals surface area contributed by atoms with Crippen LogP contribution >= 0.6 is 11.3 Å². The van der Waals surface area contributed by atoms with E-state index in [1.54, 1.807) is 19.1 Å². The number of hydrogen-bond donors (Lipinski definition) is 1. The monoisotopic (exact) mass is 293 g/mol. The number of thiophene rings is 1. The second-order valence-electron chi connectivity index (χ2n) is 4.01. The number of nitro groups is 1. The maximum atomic E-state index is 10.9. The second-order valence-corrected chi connectivity index (χ2v) is 5.27. The quantitative estimate of drug-likeness (QED) is 0.675. The first-order valence-electron chi connectivity index (χ1n) is 5.68. The van der Waals surface area contributed by atoms with Crippen LogP contribution in [0.1, 0.15) is 20.1 Å². The number of carboxylic acid groups (broad SMARTS) is 1. The molecule has 6 nitrogen and oxygen atoms in total. The Labute approximate surface area is 118 Å². The van der Waals surface area contributed by atoms with Crippen LogP contribution in [0, 0.1) is 17.0 Å². The Balaban J connectivity index is 2.17. The van der Waals surface area contributed by atoms with Crippen LogP contribution in [0.4, 0.5) is 5.69 Å². The van der Waals surface area contributed by atoms with Crippen molar-refractivity contribution in [3.63, 3.8) is 0 Å². The molecule has 2 rings (SSSR count). The third-order valence-electron chi connectivity index (χ3n) is 2.68. The maximum Gasteiger partial charge on any atom is 0.345 e. The Morgan fingerprint density at radius 3 is 2.75 bits per heavy atom. The van der Waals surface area contributed by atoms with Crippen LogP contribution in [0.5, 0.6) is 5.75 Å². The van der Waals surface area contributed by atoms with Crippen molar-refractivity contribution in [2.24, 2.45) is 0 Å². The molecule has 0 atom stereocenters. The van der Waals surface area contributed by atoms with Gasteiger partial charge < -0.3 is 9.84 Å². The van der Waals surface area contributed by atoms with E-state index in [0.717, 1.165) is 16.2 Å². The van der Waals surface area contributed by atoms with E-state index in [1.807, 2.05) is 0 Å². The standard InChI is InChI=1S/C13H11NO5S/c1-8-9(6-12(20-8)13(15)16)7-19-11-5-3-2-4-10(11)14(17)18/h2-6H,7H2,1H3,(H,15,16). The molecule has 0 saturated carbocycles. The molecule has 20 heavy (non-hydrogen) atoms. The highest BCUT2D eigenvalue weighted by Crippen LogP contribution is 2.28. The van der Waals surface area contributed by atoms with Gasteiger partial charge in [-0.15, -0.1) is 11.3 Å². The third-order valence-corrected chi connectivity index (χ3v) is 3.76. The SMILES string of the molecule is Cc1sc(C(=O)O)cc1COc1ccccc1[N+](=O)[O-]. The van der Waals surface area contributed by atoms with Crippen LogP contribution in [0.15, 0.2) is 30.3 Å². The molecule has 0 aliphatic rings. The molecular formula is C13H11NO5S. The Bertz CT molecular complexity index is 665. The summed E-state index contributed by atoms with van der Waals surface area (Å²) in [5.74, 6) is -0.824. The van der Waals surface area contributed by atoms with Crippen molar-refractivity contribution in [3.05, 3.63) is 55.8 Å². The molecule has 1 aromatic carbocycles. The molecule has 0 aliphatic heterocycles. The average molecular weight is 293 g/mol. The van der Waals surface area contributed by atoms with E-state index in [1.165, 1.54) is 18.2 Å². The van der Waals surface area contributed by atoms with E-state index in [2.05, 4.69) is 0 Å². The number of carboxylic acids is 1. The number of rotatable bonds is 5. The largest absolute Gasteiger partial charge is 0.482 e. The number of carbonyl (C=O) groups is 1. The Kier molecular flexibility index (Phi) is 3.99. The van der Waals surface area contributed by atoms with Gasteiger partial charge in [-0.05, 0) is 19.1 Å². The van der Waals surface area contributed by atoms with Gasteiger partial charge in [0.2, 0.25) is 0 Å². The van der Waals surface area contributed by atoms with E-state index < -0.39 is 10.9 Å². The first kappa shape index (κ1) is 14.0. The van der Waals surface area contributed by atoms with Crippen molar-refractivity contribution in [1.82, 2.24) is 0 Å². The summed E-state index contributed by atoms with van der Waals surface area (Å²) in [5, 5.41) is 19.7. The highest BCUT2D eigenvalue weighted by atomic mass is 32.1. The molecule has 0 fully saturated rings. The van der Waals surface area contributed by atoms with Crippen molar-refractivity contribution in [2.45, 2.75) is 13.5 Å². The van der Waals surface area contributed by atoms with Crippen molar-refractivity contribution in [2.75, 3.05) is 0 Å². The van der Waals surface area contributed by atoms with Gasteiger partial charge in [0.1, 0.15) is 11.5 Å². The lowest BCUT2D eigenvalue weighted by atomic mass is 10.2. The molecule has 0 aliphatic carbocycles. The fourth-order valence-electron chi connectivity index (χ4n) is 1.65. The summed E-state index contributed by atoms with van der Waals surface area (Å²) >= 11 is 1.15. The average Bonchev–Trinajstić information content (AvgIpc) is 2.78. The van der Waals surface area contributed by atoms with E-state index in [-0.39, 0.29) is 22.9 Å². The molecule has 0 amide bonds. The number of benzene rings is 1. The van der Waals surface area contributed by atoms with Gasteiger partial charge in [0.25, 0.3) is 0 Å². The number of para-hydroxylation sites is 2. The van der Waals surface area contributed by atoms with Gasteiger partial charge in [-0.1, -0.05) is 12.1 Å². The van der Waals surface area contributed by atoms with Crippen molar-refractivity contribution >= 4 is 23.0 Å². The minimum Gasteiger partial charge on any atom is -0.482 e. The summed E-state index contributed by atoms with van der Waals surface area (Å²) in [4.78, 5) is 22.2. The molecule has 0 unspecified atom stereocenters. The Morgan fingerprint density at radius 2 is 2.15 bits per heavy atom. The Morgan fingerprint density at radius 1 is 1.45 bits per heavy atom. The molecule has 0 radical (unpaired) electrons. The molecular weight excluding hydrogens is 282 g/mol. The topological polar surface area (TPSA) is 89.7 Å². The molecule has 1 aromatic heterocycles. The fourth-order valence-corrected chi connectivity index (χ4v) is 2.52. The predicted molar refractivity (Wildman–Crippen MR) is 73.4 cm³/mol. The zero-order chi connectivity index (χ0) is 14.7. The lowest BCUT2D eigenvalue weighted by Crippen LogP contribution is -1.99. The van der Waals surface area contributed by atoms with Crippen LogP contribution in [0.3, 0.4) is 0 Å². The summed E-state index contributed by atoms with van der Waals surface area (Å²) in [6.07, 6.45) is 0. The van der Waals surface area contributed by atoms with E-state index >= 15 is 0 Å². The van der Waals surface area contributed by atoms with Crippen molar-refractivity contribution in [1.29, 1.82) is 0 Å². The van der Waals surface area contributed by atoms with Gasteiger partial charge in [-0.25, -0.2) is 4.79 Å². The number of aryl methyl sites for hydroxylation is 1. The van der Waals surface area contributed by atoms with Gasteiger partial charge in [0, 0.05) is 16.5 Å². The molecule has 0 spiro atoms. The molecule has 2 aromatic rings. The zero-order valence-electron chi connectivity index (χ0n) is 10.5. The van der Waals surface area contributed by atoms with Crippen molar-refractivity contribution in [3.8, 4) is 5.75 Å². The molecule has 104 valence electrons. The van der Waals surface area contributed by atoms with E-state index in [0.29, 0.717) is 5.56 Å². The number of aromatic carboxylic acids is 1. The highest BCUT2D eigenvalue weighted by molar-refractivity contribution is 7.14. The molecule has 1 heterocycles. The first-order chi connectivity index (χ1) is 9.49. The highest BCUT2D eigenvalue weighted by Gasteiger charge is 2.16. The lowest BCUT2D eigenvalue weighted by molar-refractivity contribution is -0.385. The van der Waals surface area contributed by atoms with Crippen LogP contribution in [-0.4, -0.2) is 16.0 Å². The van der Waals surface area contributed by atoms with Gasteiger partial charge in [0.15, 0.2) is 5.75 Å². The summed E-state index contributed by atoms with van der Waals surface area (Å²) in [7, 11) is 0. The van der Waals surface area contributed by atoms with Gasteiger partial charge in [-0.3, -0.25) is 10.1 Å². The lowest BCUT2D eigenvalue weighted by Gasteiger charge is -2.05. The maximum absolute atomic E-state index is 10.9. The van der Waals surface area contributed by atoms with E-state index in [9.17, 15) is 14.9 Å². The zero-order valence-corrected chi connectivity index (χ0v) is 11.3. The first-order valence-corrected chi connectivity index (χ1v) is 6.49. The minimum absolute atomic E-state index is 0.0977. The Hall–Kier alpha value is -2.41. The van der Waals surface area contributed by atoms with Gasteiger partial charge >= 0.3 is 11.7 Å². The fraction of sp³-hybridized carbons (Fsp3) is 0.154. The minimum atomic E-state index is -0.991. The summed E-state index contributed by atoms with van der Waals surface area (Å²) in [6.45, 7) is 1.88.